The molecule has 4 nitrogen and oxygen atoms in total. The van der Waals surface area contributed by atoms with Crippen molar-refractivity contribution in [2.75, 3.05) is 12.4 Å². The van der Waals surface area contributed by atoms with Crippen molar-refractivity contribution in [2.24, 2.45) is 7.05 Å². The Balaban J connectivity index is 2.21. The predicted octanol–water partition coefficient (Wildman–Crippen LogP) is 3.14. The molecule has 1 aromatic heterocycles. The molecule has 2 rings (SSSR count). The fraction of sp³-hybridized carbons (Fsp3) is 0.308. The topological polar surface area (TPSA) is 39.1 Å². The maximum Gasteiger partial charge on any atom is 0.216 e. The van der Waals surface area contributed by atoms with E-state index in [0.29, 0.717) is 23.1 Å². The third kappa shape index (κ3) is 2.81. The summed E-state index contributed by atoms with van der Waals surface area (Å²) in [7, 11) is 3.38. The second-order valence-corrected chi connectivity index (χ2v) is 4.61. The number of aryl methyl sites for hydroxylation is 2. The van der Waals surface area contributed by atoms with Gasteiger partial charge in [0.2, 0.25) is 5.88 Å². The number of nitrogens with one attached hydrogen (secondary N) is 1. The van der Waals surface area contributed by atoms with Gasteiger partial charge in [0.25, 0.3) is 0 Å². The van der Waals surface area contributed by atoms with Gasteiger partial charge in [0.15, 0.2) is 0 Å². The molecule has 1 aromatic carbocycles. The molecule has 0 saturated heterocycles. The second-order valence-electron chi connectivity index (χ2n) is 4.17. The van der Waals surface area contributed by atoms with Gasteiger partial charge in [0, 0.05) is 18.6 Å². The van der Waals surface area contributed by atoms with E-state index in [9.17, 15) is 4.39 Å². The smallest absolute Gasteiger partial charge is 0.216 e. The summed E-state index contributed by atoms with van der Waals surface area (Å²) < 4.78 is 20.5. The lowest BCUT2D eigenvalue weighted by Crippen LogP contribution is -2.04. The predicted molar refractivity (Wildman–Crippen MR) is 73.2 cm³/mol. The van der Waals surface area contributed by atoms with Crippen molar-refractivity contribution >= 4 is 17.3 Å². The molecule has 0 unspecified atom stereocenters. The summed E-state index contributed by atoms with van der Waals surface area (Å²) in [5, 5.41) is 7.76. The molecule has 0 aliphatic rings. The lowest BCUT2D eigenvalue weighted by atomic mass is 10.2. The molecule has 0 atom stereocenters. The van der Waals surface area contributed by atoms with E-state index >= 15 is 0 Å². The summed E-state index contributed by atoms with van der Waals surface area (Å²) in [6.07, 6.45) is 0. The van der Waals surface area contributed by atoms with Gasteiger partial charge in [-0.25, -0.2) is 9.07 Å². The first-order chi connectivity index (χ1) is 9.02. The average Bonchev–Trinajstić information content (AvgIpc) is 2.64. The third-order valence-electron chi connectivity index (χ3n) is 2.87. The molecular formula is C13H15ClFN3O. The summed E-state index contributed by atoms with van der Waals surface area (Å²) >= 11 is 5.84. The summed E-state index contributed by atoms with van der Waals surface area (Å²) in [5.41, 5.74) is 2.09. The zero-order chi connectivity index (χ0) is 14.0. The molecule has 1 heterocycles. The Morgan fingerprint density at radius 2 is 2.21 bits per heavy atom. The van der Waals surface area contributed by atoms with E-state index in [-0.39, 0.29) is 5.82 Å². The van der Waals surface area contributed by atoms with Gasteiger partial charge < -0.3 is 10.1 Å². The molecule has 1 N–H and O–H groups in total. The van der Waals surface area contributed by atoms with Crippen LogP contribution in [0.2, 0.25) is 5.02 Å². The molecule has 19 heavy (non-hydrogen) atoms. The molecule has 6 heteroatoms. The Morgan fingerprint density at radius 1 is 1.47 bits per heavy atom. The Morgan fingerprint density at radius 3 is 2.89 bits per heavy atom. The van der Waals surface area contributed by atoms with Crippen molar-refractivity contribution in [2.45, 2.75) is 13.5 Å². The first-order valence-corrected chi connectivity index (χ1v) is 6.16. The molecule has 0 aliphatic carbocycles. The van der Waals surface area contributed by atoms with Crippen LogP contribution in [0.3, 0.4) is 0 Å². The van der Waals surface area contributed by atoms with E-state index in [2.05, 4.69) is 10.4 Å². The Hall–Kier alpha value is -1.75. The average molecular weight is 284 g/mol. The fourth-order valence-electron chi connectivity index (χ4n) is 1.96. The van der Waals surface area contributed by atoms with Crippen LogP contribution in [0.15, 0.2) is 18.2 Å². The van der Waals surface area contributed by atoms with E-state index in [4.69, 9.17) is 16.3 Å². The van der Waals surface area contributed by atoms with Gasteiger partial charge in [0.1, 0.15) is 5.82 Å². The van der Waals surface area contributed by atoms with Crippen LogP contribution in [0.5, 0.6) is 5.88 Å². The minimum absolute atomic E-state index is 0.343. The minimum Gasteiger partial charge on any atom is -0.481 e. The lowest BCUT2D eigenvalue weighted by molar-refractivity contribution is 0.369. The van der Waals surface area contributed by atoms with Crippen molar-refractivity contribution in [1.29, 1.82) is 0 Å². The van der Waals surface area contributed by atoms with Gasteiger partial charge >= 0.3 is 0 Å². The molecule has 0 radical (unpaired) electrons. The van der Waals surface area contributed by atoms with Gasteiger partial charge in [-0.2, -0.15) is 5.10 Å². The minimum atomic E-state index is -0.343. The van der Waals surface area contributed by atoms with Crippen LogP contribution in [-0.2, 0) is 13.6 Å². The standard InChI is InChI=1S/C13H15ClFN3O/c1-8-10(13(19-3)18(2)17-8)7-16-12-6-9(14)4-5-11(12)15/h4-6,16H,7H2,1-3H3. The molecule has 0 saturated carbocycles. The number of benzene rings is 1. The third-order valence-corrected chi connectivity index (χ3v) is 3.10. The lowest BCUT2D eigenvalue weighted by Gasteiger charge is -2.09. The maximum absolute atomic E-state index is 13.6. The normalized spacial score (nSPS) is 10.6. The molecule has 0 aliphatic heterocycles. The number of halogens is 2. The fourth-order valence-corrected chi connectivity index (χ4v) is 2.13. The molecule has 0 amide bonds. The summed E-state index contributed by atoms with van der Waals surface area (Å²) in [4.78, 5) is 0. The number of anilines is 1. The monoisotopic (exact) mass is 283 g/mol. The first-order valence-electron chi connectivity index (χ1n) is 5.78. The maximum atomic E-state index is 13.6. The summed E-state index contributed by atoms with van der Waals surface area (Å²) in [5.74, 6) is 0.317. The number of aromatic nitrogens is 2. The van der Waals surface area contributed by atoms with E-state index in [1.165, 1.54) is 12.1 Å². The first kappa shape index (κ1) is 13.7. The summed E-state index contributed by atoms with van der Waals surface area (Å²) in [6.45, 7) is 2.30. The zero-order valence-electron chi connectivity index (χ0n) is 11.0. The van der Waals surface area contributed by atoms with Crippen molar-refractivity contribution in [3.8, 4) is 5.88 Å². The number of nitrogens with zero attached hydrogens (tertiary/aromatic N) is 2. The van der Waals surface area contributed by atoms with Crippen LogP contribution >= 0.6 is 11.6 Å². The van der Waals surface area contributed by atoms with Crippen LogP contribution in [-0.4, -0.2) is 16.9 Å². The Labute approximate surface area is 116 Å². The van der Waals surface area contributed by atoms with Gasteiger partial charge in [-0.1, -0.05) is 11.6 Å². The molecule has 102 valence electrons. The molecule has 0 spiro atoms. The zero-order valence-corrected chi connectivity index (χ0v) is 11.8. The highest BCUT2D eigenvalue weighted by atomic mass is 35.5. The molecule has 2 aromatic rings. The van der Waals surface area contributed by atoms with E-state index in [1.54, 1.807) is 24.9 Å². The van der Waals surface area contributed by atoms with Crippen molar-refractivity contribution < 1.29 is 9.13 Å². The highest BCUT2D eigenvalue weighted by molar-refractivity contribution is 6.30. The van der Waals surface area contributed by atoms with Crippen LogP contribution in [0.1, 0.15) is 11.3 Å². The quantitative estimate of drug-likeness (QED) is 0.937. The highest BCUT2D eigenvalue weighted by Crippen LogP contribution is 2.24. The molecule has 0 fully saturated rings. The number of ether oxygens (including phenoxy) is 1. The number of hydrogen-bond acceptors (Lipinski definition) is 3. The van der Waals surface area contributed by atoms with E-state index < -0.39 is 0 Å². The van der Waals surface area contributed by atoms with Gasteiger partial charge in [0.05, 0.1) is 24.1 Å². The van der Waals surface area contributed by atoms with Gasteiger partial charge in [-0.05, 0) is 25.1 Å². The van der Waals surface area contributed by atoms with Crippen molar-refractivity contribution in [3.05, 3.63) is 40.3 Å². The largest absolute Gasteiger partial charge is 0.481 e. The van der Waals surface area contributed by atoms with Gasteiger partial charge in [-0.3, -0.25) is 0 Å². The Bertz CT molecular complexity index is 598. The number of methoxy groups -OCH3 is 1. The summed E-state index contributed by atoms with van der Waals surface area (Å²) in [6, 6.07) is 4.39. The van der Waals surface area contributed by atoms with Crippen LogP contribution in [0.25, 0.3) is 0 Å². The van der Waals surface area contributed by atoms with E-state index in [0.717, 1.165) is 11.3 Å². The SMILES string of the molecule is COc1c(CNc2cc(Cl)ccc2F)c(C)nn1C. The van der Waals surface area contributed by atoms with E-state index in [1.807, 2.05) is 6.92 Å². The number of rotatable bonds is 4. The Kier molecular flexibility index (Phi) is 3.95. The van der Waals surface area contributed by atoms with Crippen molar-refractivity contribution in [3.63, 3.8) is 0 Å². The highest BCUT2D eigenvalue weighted by Gasteiger charge is 2.14. The van der Waals surface area contributed by atoms with Crippen LogP contribution < -0.4 is 10.1 Å². The second kappa shape index (κ2) is 5.48. The van der Waals surface area contributed by atoms with Gasteiger partial charge in [-0.15, -0.1) is 0 Å². The van der Waals surface area contributed by atoms with Crippen LogP contribution in [0.4, 0.5) is 10.1 Å². The molecule has 0 bridgehead atoms. The molecular weight excluding hydrogens is 269 g/mol. The van der Waals surface area contributed by atoms with Crippen molar-refractivity contribution in [1.82, 2.24) is 9.78 Å². The number of hydrogen-bond donors (Lipinski definition) is 1. The van der Waals surface area contributed by atoms with Crippen LogP contribution in [0, 0.1) is 12.7 Å².